The minimum Gasteiger partial charge on any atom is -0.345 e. The molecule has 2 unspecified atom stereocenters. The molecule has 2 amide bonds. The molecule has 6 nitrogen and oxygen atoms in total. The van der Waals surface area contributed by atoms with Crippen LogP contribution in [0.15, 0.2) is 36.0 Å². The van der Waals surface area contributed by atoms with Crippen molar-refractivity contribution in [1.82, 2.24) is 20.2 Å². The summed E-state index contributed by atoms with van der Waals surface area (Å²) in [6.07, 6.45) is 6.36. The first-order chi connectivity index (χ1) is 13.9. The van der Waals surface area contributed by atoms with E-state index >= 15 is 0 Å². The summed E-state index contributed by atoms with van der Waals surface area (Å²) >= 11 is 6.02. The summed E-state index contributed by atoms with van der Waals surface area (Å²) in [5, 5.41) is 2.72. The van der Waals surface area contributed by atoms with E-state index in [0.717, 1.165) is 31.2 Å². The number of unbranched alkanes of at least 4 members (excludes halogenated alkanes) is 2. The molecule has 1 saturated heterocycles. The molecule has 0 radical (unpaired) electrons. The molecule has 2 heterocycles. The monoisotopic (exact) mass is 418 g/mol. The number of nitrogens with zero attached hydrogens (tertiary/aromatic N) is 3. The average molecular weight is 419 g/mol. The van der Waals surface area contributed by atoms with Gasteiger partial charge in [-0.05, 0) is 37.1 Å². The number of benzene rings is 1. The Morgan fingerprint density at radius 2 is 1.97 bits per heavy atom. The third-order valence-electron chi connectivity index (χ3n) is 5.76. The van der Waals surface area contributed by atoms with Crippen molar-refractivity contribution in [2.75, 3.05) is 26.7 Å². The van der Waals surface area contributed by atoms with E-state index in [1.807, 2.05) is 42.3 Å². The molecule has 0 saturated carbocycles. The van der Waals surface area contributed by atoms with Gasteiger partial charge in [0.1, 0.15) is 12.2 Å². The van der Waals surface area contributed by atoms with Crippen LogP contribution in [0.3, 0.4) is 0 Å². The van der Waals surface area contributed by atoms with Crippen LogP contribution in [0.2, 0.25) is 5.02 Å². The standard InChI is InChI=1S/C22H31ClN4O2/c1-4-6-7-8-18-14-26(15-21(28)25(3)5-2)22(29)20-13-19(24-27(18)20)16-9-11-17(23)12-10-16/h9-13,18-19,24H,4-8,14-15H2,1-3H3. The number of rotatable bonds is 8. The van der Waals surface area contributed by atoms with Gasteiger partial charge in [-0.3, -0.25) is 14.6 Å². The molecule has 0 bridgehead atoms. The highest BCUT2D eigenvalue weighted by atomic mass is 35.5. The SMILES string of the molecule is CCCCCC1CN(CC(=O)N(C)CC)C(=O)C2=CC(c3ccc(Cl)cc3)NN21. The van der Waals surface area contributed by atoms with Crippen LogP contribution in [0.5, 0.6) is 0 Å². The third-order valence-corrected chi connectivity index (χ3v) is 6.01. The highest BCUT2D eigenvalue weighted by Crippen LogP contribution is 2.32. The fourth-order valence-electron chi connectivity index (χ4n) is 3.84. The van der Waals surface area contributed by atoms with Crippen LogP contribution in [0.4, 0.5) is 0 Å². The molecule has 1 aromatic carbocycles. The second-order valence-corrected chi connectivity index (χ2v) is 8.26. The Hall–Kier alpha value is -2.05. The van der Waals surface area contributed by atoms with Crippen molar-refractivity contribution < 1.29 is 9.59 Å². The Morgan fingerprint density at radius 1 is 1.24 bits per heavy atom. The Morgan fingerprint density at radius 3 is 2.62 bits per heavy atom. The smallest absolute Gasteiger partial charge is 0.271 e. The number of hydrogen-bond donors (Lipinski definition) is 1. The molecule has 0 spiro atoms. The number of hydrazine groups is 1. The van der Waals surface area contributed by atoms with Crippen LogP contribution in [-0.2, 0) is 9.59 Å². The largest absolute Gasteiger partial charge is 0.345 e. The normalized spacial score (nSPS) is 21.2. The maximum absolute atomic E-state index is 13.1. The van der Waals surface area contributed by atoms with Gasteiger partial charge in [0, 0.05) is 25.2 Å². The predicted molar refractivity (Wildman–Crippen MR) is 115 cm³/mol. The number of piperazine rings is 1. The summed E-state index contributed by atoms with van der Waals surface area (Å²) in [7, 11) is 1.77. The maximum atomic E-state index is 13.1. The number of fused-ring (bicyclic) bond motifs is 1. The molecule has 1 aromatic rings. The minimum atomic E-state index is -0.0847. The fraction of sp³-hybridized carbons (Fsp3) is 0.545. The number of amides is 2. The van der Waals surface area contributed by atoms with Gasteiger partial charge in [0.2, 0.25) is 5.91 Å². The van der Waals surface area contributed by atoms with Crippen LogP contribution in [-0.4, -0.2) is 59.3 Å². The molecule has 2 atom stereocenters. The van der Waals surface area contributed by atoms with Crippen molar-refractivity contribution in [1.29, 1.82) is 0 Å². The Bertz CT molecular complexity index is 765. The molecule has 2 aliphatic heterocycles. The van der Waals surface area contributed by atoms with Crippen molar-refractivity contribution in [2.24, 2.45) is 0 Å². The van der Waals surface area contributed by atoms with Gasteiger partial charge in [0.05, 0.1) is 12.1 Å². The number of nitrogens with one attached hydrogen (secondary N) is 1. The summed E-state index contributed by atoms with van der Waals surface area (Å²) in [4.78, 5) is 28.9. The van der Waals surface area contributed by atoms with E-state index in [0.29, 0.717) is 23.8 Å². The Balaban J connectivity index is 1.81. The molecular weight excluding hydrogens is 388 g/mol. The molecule has 1 fully saturated rings. The first-order valence-corrected chi connectivity index (χ1v) is 10.9. The lowest BCUT2D eigenvalue weighted by Crippen LogP contribution is -2.58. The molecule has 3 rings (SSSR count). The van der Waals surface area contributed by atoms with E-state index in [9.17, 15) is 9.59 Å². The molecule has 2 aliphatic rings. The lowest BCUT2D eigenvalue weighted by molar-refractivity contribution is -0.142. The zero-order chi connectivity index (χ0) is 21.0. The number of carbonyl (C=O) groups is 2. The van der Waals surface area contributed by atoms with Crippen LogP contribution in [0.25, 0.3) is 0 Å². The van der Waals surface area contributed by atoms with E-state index in [-0.39, 0.29) is 30.4 Å². The topological polar surface area (TPSA) is 55.9 Å². The van der Waals surface area contributed by atoms with Gasteiger partial charge >= 0.3 is 0 Å². The van der Waals surface area contributed by atoms with Gasteiger partial charge in [0.25, 0.3) is 5.91 Å². The Kier molecular flexibility index (Phi) is 7.19. The van der Waals surface area contributed by atoms with Gasteiger partial charge in [-0.2, -0.15) is 0 Å². The lowest BCUT2D eigenvalue weighted by Gasteiger charge is -2.41. The van der Waals surface area contributed by atoms with Crippen molar-refractivity contribution in [3.05, 3.63) is 46.6 Å². The molecule has 7 heteroatoms. The average Bonchev–Trinajstić information content (AvgIpc) is 3.17. The minimum absolute atomic E-state index is 0.0255. The first-order valence-electron chi connectivity index (χ1n) is 10.5. The van der Waals surface area contributed by atoms with E-state index in [2.05, 4.69) is 12.3 Å². The highest BCUT2D eigenvalue weighted by molar-refractivity contribution is 6.30. The van der Waals surface area contributed by atoms with Crippen LogP contribution in [0.1, 0.15) is 51.1 Å². The summed E-state index contributed by atoms with van der Waals surface area (Å²) in [6, 6.07) is 7.75. The summed E-state index contributed by atoms with van der Waals surface area (Å²) in [5.74, 6) is -0.110. The van der Waals surface area contributed by atoms with Gasteiger partial charge in [-0.25, -0.2) is 5.43 Å². The van der Waals surface area contributed by atoms with Gasteiger partial charge in [-0.15, -0.1) is 0 Å². The second kappa shape index (κ2) is 9.63. The molecule has 1 N–H and O–H groups in total. The Labute approximate surface area is 178 Å². The van der Waals surface area contributed by atoms with Crippen LogP contribution < -0.4 is 5.43 Å². The summed E-state index contributed by atoms with van der Waals surface area (Å²) < 4.78 is 0. The molecule has 0 aliphatic carbocycles. The lowest BCUT2D eigenvalue weighted by atomic mass is 10.0. The number of halogens is 1. The summed E-state index contributed by atoms with van der Waals surface area (Å²) in [6.45, 7) is 5.45. The second-order valence-electron chi connectivity index (χ2n) is 7.82. The zero-order valence-electron chi connectivity index (χ0n) is 17.5. The van der Waals surface area contributed by atoms with Crippen molar-refractivity contribution in [3.8, 4) is 0 Å². The zero-order valence-corrected chi connectivity index (χ0v) is 18.3. The fourth-order valence-corrected chi connectivity index (χ4v) is 3.97. The van der Waals surface area contributed by atoms with Gasteiger partial charge < -0.3 is 9.80 Å². The number of likely N-dealkylation sites (N-methyl/N-ethyl adjacent to an activating group) is 1. The first kappa shape index (κ1) is 21.7. The number of carbonyl (C=O) groups excluding carboxylic acids is 2. The van der Waals surface area contributed by atoms with Crippen molar-refractivity contribution in [3.63, 3.8) is 0 Å². The van der Waals surface area contributed by atoms with Crippen molar-refractivity contribution >= 4 is 23.4 Å². The quantitative estimate of drug-likeness (QED) is 0.658. The van der Waals surface area contributed by atoms with E-state index in [1.165, 1.54) is 0 Å². The van der Waals surface area contributed by atoms with Gasteiger partial charge in [-0.1, -0.05) is 49.9 Å². The number of hydrogen-bond acceptors (Lipinski definition) is 4. The van der Waals surface area contributed by atoms with E-state index in [4.69, 9.17) is 11.6 Å². The maximum Gasteiger partial charge on any atom is 0.271 e. The molecular formula is C22H31ClN4O2. The molecule has 0 aromatic heterocycles. The predicted octanol–water partition coefficient (Wildman–Crippen LogP) is 3.35. The van der Waals surface area contributed by atoms with E-state index < -0.39 is 0 Å². The summed E-state index contributed by atoms with van der Waals surface area (Å²) in [5.41, 5.74) is 5.20. The van der Waals surface area contributed by atoms with Gasteiger partial charge in [0.15, 0.2) is 0 Å². The highest BCUT2D eigenvalue weighted by Gasteiger charge is 2.41. The molecule has 158 valence electrons. The molecule has 29 heavy (non-hydrogen) atoms. The van der Waals surface area contributed by atoms with E-state index in [1.54, 1.807) is 16.8 Å². The van der Waals surface area contributed by atoms with Crippen LogP contribution in [0, 0.1) is 0 Å². The third kappa shape index (κ3) is 4.93. The van der Waals surface area contributed by atoms with Crippen molar-refractivity contribution in [2.45, 2.75) is 51.6 Å². The van der Waals surface area contributed by atoms with Crippen LogP contribution >= 0.6 is 11.6 Å².